The van der Waals surface area contributed by atoms with Crippen molar-refractivity contribution in [3.63, 3.8) is 0 Å². The third-order valence-electron chi connectivity index (χ3n) is 1.69. The molecule has 0 aromatic carbocycles. The van der Waals surface area contributed by atoms with E-state index in [1.54, 1.807) is 0 Å². The van der Waals surface area contributed by atoms with Crippen LogP contribution in [0.25, 0.3) is 0 Å². The van der Waals surface area contributed by atoms with Crippen molar-refractivity contribution >= 4 is 12.1 Å². The van der Waals surface area contributed by atoms with Gasteiger partial charge in [0, 0.05) is 0 Å². The third-order valence-corrected chi connectivity index (χ3v) is 1.69. The second-order valence-corrected chi connectivity index (χ2v) is 2.30. The number of rotatable bonds is 3. The van der Waals surface area contributed by atoms with E-state index in [1.807, 2.05) is 0 Å². The topological polar surface area (TPSA) is 34.1 Å². The van der Waals surface area contributed by atoms with Gasteiger partial charge in [0.15, 0.2) is 0 Å². The summed E-state index contributed by atoms with van der Waals surface area (Å²) in [5.41, 5.74) is -4.13. The summed E-state index contributed by atoms with van der Waals surface area (Å²) in [5.74, 6) is 0. The van der Waals surface area contributed by atoms with E-state index in [4.69, 9.17) is 0 Å². The molecule has 0 saturated carbocycles. The first-order valence-corrected chi connectivity index (χ1v) is 3.16. The van der Waals surface area contributed by atoms with Crippen molar-refractivity contribution in [1.82, 2.24) is 0 Å². The first-order valence-electron chi connectivity index (χ1n) is 3.16. The Morgan fingerprint density at radius 3 is 1.38 bits per heavy atom. The number of carbonyl (C=O) groups excluding carboxylic acids is 2. The van der Waals surface area contributed by atoms with Crippen LogP contribution < -0.4 is 0 Å². The highest BCUT2D eigenvalue weighted by atomic mass is 19.4. The Balaban J connectivity index is 5.38. The zero-order chi connectivity index (χ0) is 10.9. The molecule has 0 rings (SSSR count). The molecule has 0 saturated heterocycles. The lowest BCUT2D eigenvalue weighted by molar-refractivity contribution is -0.228. The zero-order valence-corrected chi connectivity index (χ0v) is 6.41. The largest absolute Gasteiger partial charge is 0.413 e. The molecule has 0 N–H and O–H groups in total. The summed E-state index contributed by atoms with van der Waals surface area (Å²) in [5, 5.41) is 0. The Hall–Kier alpha value is -1.01. The first kappa shape index (κ1) is 12.0. The van der Waals surface area contributed by atoms with Gasteiger partial charge in [0.2, 0.25) is 5.41 Å². The summed E-state index contributed by atoms with van der Waals surface area (Å²) < 4.78 is 59.8. The SMILES string of the molecule is CCC(C(=O)F)(C(=O)F)C(F)(F)F. The molecular formula is C6H5F5O2. The summed E-state index contributed by atoms with van der Waals surface area (Å²) >= 11 is 0. The molecule has 0 aliphatic carbocycles. The Kier molecular flexibility index (Phi) is 3.13. The third kappa shape index (κ3) is 1.68. The van der Waals surface area contributed by atoms with E-state index in [2.05, 4.69) is 0 Å². The Bertz CT molecular complexity index is 218. The van der Waals surface area contributed by atoms with E-state index in [0.29, 0.717) is 6.92 Å². The molecule has 0 spiro atoms. The lowest BCUT2D eigenvalue weighted by Crippen LogP contribution is -2.48. The number of carbonyl (C=O) groups is 2. The maximum absolute atomic E-state index is 12.0. The molecule has 76 valence electrons. The van der Waals surface area contributed by atoms with Crippen molar-refractivity contribution in [3.8, 4) is 0 Å². The minimum atomic E-state index is -5.54. The standard InChI is InChI=1S/C6H5F5O2/c1-2-5(3(7)12,4(8)13)6(9,10)11/h2H2,1H3. The highest BCUT2D eigenvalue weighted by Gasteiger charge is 2.65. The highest BCUT2D eigenvalue weighted by Crippen LogP contribution is 2.43. The molecule has 13 heavy (non-hydrogen) atoms. The predicted octanol–water partition coefficient (Wildman–Crippen LogP) is 1.94. The number of hydrogen-bond donors (Lipinski definition) is 0. The van der Waals surface area contributed by atoms with Crippen molar-refractivity contribution in [2.45, 2.75) is 19.5 Å². The summed E-state index contributed by atoms with van der Waals surface area (Å²) in [7, 11) is 0. The van der Waals surface area contributed by atoms with E-state index in [1.165, 1.54) is 0 Å². The quantitative estimate of drug-likeness (QED) is 0.400. The summed E-state index contributed by atoms with van der Waals surface area (Å²) in [6, 6.07) is -6.04. The fourth-order valence-corrected chi connectivity index (χ4v) is 0.779. The molecule has 0 radical (unpaired) electrons. The number of alkyl halides is 3. The van der Waals surface area contributed by atoms with Crippen LogP contribution in [0.1, 0.15) is 13.3 Å². The summed E-state index contributed by atoms with van der Waals surface area (Å²) in [6.45, 7) is 0.697. The van der Waals surface area contributed by atoms with Crippen LogP contribution in [0.5, 0.6) is 0 Å². The van der Waals surface area contributed by atoms with Gasteiger partial charge in [0.1, 0.15) is 0 Å². The lowest BCUT2D eigenvalue weighted by Gasteiger charge is -2.24. The minimum Gasteiger partial charge on any atom is -0.259 e. The summed E-state index contributed by atoms with van der Waals surface area (Å²) in [6.07, 6.45) is -6.83. The average Bonchev–Trinajstić information content (AvgIpc) is 1.83. The number of halogens is 5. The van der Waals surface area contributed by atoms with Crippen LogP contribution in [-0.4, -0.2) is 18.3 Å². The van der Waals surface area contributed by atoms with Crippen molar-refractivity contribution in [2.24, 2.45) is 5.41 Å². The van der Waals surface area contributed by atoms with Crippen LogP contribution >= 0.6 is 0 Å². The van der Waals surface area contributed by atoms with Gasteiger partial charge in [-0.25, -0.2) is 0 Å². The second kappa shape index (κ2) is 3.39. The van der Waals surface area contributed by atoms with Gasteiger partial charge in [-0.15, -0.1) is 0 Å². The molecule has 0 unspecified atom stereocenters. The molecule has 0 amide bonds. The van der Waals surface area contributed by atoms with Crippen molar-refractivity contribution in [3.05, 3.63) is 0 Å². The molecular weight excluding hydrogens is 199 g/mol. The van der Waals surface area contributed by atoms with Crippen LogP contribution in [0.4, 0.5) is 22.0 Å². The lowest BCUT2D eigenvalue weighted by atomic mass is 9.86. The average molecular weight is 204 g/mol. The molecule has 2 nitrogen and oxygen atoms in total. The molecule has 7 heteroatoms. The van der Waals surface area contributed by atoms with E-state index in [-0.39, 0.29) is 0 Å². The minimum absolute atomic E-state index is 0.697. The van der Waals surface area contributed by atoms with Crippen LogP contribution in [-0.2, 0) is 9.59 Å². The molecule has 0 aliphatic heterocycles. The Morgan fingerprint density at radius 1 is 1.08 bits per heavy atom. The van der Waals surface area contributed by atoms with Crippen LogP contribution in [0.2, 0.25) is 0 Å². The Labute approximate surface area is 69.7 Å². The zero-order valence-electron chi connectivity index (χ0n) is 6.41. The van der Waals surface area contributed by atoms with Gasteiger partial charge in [-0.05, 0) is 6.42 Å². The van der Waals surface area contributed by atoms with Crippen molar-refractivity contribution < 1.29 is 31.5 Å². The highest BCUT2D eigenvalue weighted by molar-refractivity contribution is 6.00. The Morgan fingerprint density at radius 2 is 1.38 bits per heavy atom. The van der Waals surface area contributed by atoms with Gasteiger partial charge in [-0.2, -0.15) is 22.0 Å². The fraction of sp³-hybridized carbons (Fsp3) is 0.667. The van der Waals surface area contributed by atoms with Gasteiger partial charge < -0.3 is 0 Å². The van der Waals surface area contributed by atoms with Gasteiger partial charge >= 0.3 is 18.3 Å². The van der Waals surface area contributed by atoms with Gasteiger partial charge in [0.05, 0.1) is 0 Å². The monoisotopic (exact) mass is 204 g/mol. The van der Waals surface area contributed by atoms with Gasteiger partial charge in [0.25, 0.3) is 0 Å². The number of hydrogen-bond acceptors (Lipinski definition) is 2. The molecule has 0 aliphatic rings. The normalized spacial score (nSPS) is 12.8. The predicted molar refractivity (Wildman–Crippen MR) is 31.0 cm³/mol. The van der Waals surface area contributed by atoms with E-state index >= 15 is 0 Å². The van der Waals surface area contributed by atoms with E-state index in [9.17, 15) is 31.5 Å². The van der Waals surface area contributed by atoms with Crippen molar-refractivity contribution in [2.75, 3.05) is 0 Å². The van der Waals surface area contributed by atoms with E-state index in [0.717, 1.165) is 0 Å². The molecule has 0 heterocycles. The molecule has 0 bridgehead atoms. The maximum Gasteiger partial charge on any atom is 0.413 e. The fourth-order valence-electron chi connectivity index (χ4n) is 0.779. The van der Waals surface area contributed by atoms with Crippen LogP contribution in [0.15, 0.2) is 0 Å². The second-order valence-electron chi connectivity index (χ2n) is 2.30. The smallest absolute Gasteiger partial charge is 0.259 e. The molecule has 0 aromatic heterocycles. The van der Waals surface area contributed by atoms with Gasteiger partial charge in [-0.1, -0.05) is 6.92 Å². The maximum atomic E-state index is 12.0. The van der Waals surface area contributed by atoms with Crippen molar-refractivity contribution in [1.29, 1.82) is 0 Å². The first-order chi connectivity index (χ1) is 5.70. The summed E-state index contributed by atoms with van der Waals surface area (Å²) in [4.78, 5) is 19.9. The molecule has 0 fully saturated rings. The van der Waals surface area contributed by atoms with Crippen LogP contribution in [0.3, 0.4) is 0 Å². The van der Waals surface area contributed by atoms with Crippen LogP contribution in [0, 0.1) is 5.41 Å². The van der Waals surface area contributed by atoms with E-state index < -0.39 is 30.1 Å². The van der Waals surface area contributed by atoms with Gasteiger partial charge in [-0.3, -0.25) is 9.59 Å². The molecule has 0 atom stereocenters. The molecule has 0 aromatic rings.